The molecule has 2 rings (SSSR count). The molecule has 0 saturated heterocycles. The van der Waals surface area contributed by atoms with Gasteiger partial charge >= 0.3 is 5.97 Å². The number of ether oxygens (including phenoxy) is 1. The molecule has 5 nitrogen and oxygen atoms in total. The normalized spacial score (nSPS) is 11.3. The van der Waals surface area contributed by atoms with E-state index in [0.717, 1.165) is 11.3 Å². The van der Waals surface area contributed by atoms with Gasteiger partial charge in [-0.25, -0.2) is 9.78 Å². The first-order valence-electron chi connectivity index (χ1n) is 6.29. The van der Waals surface area contributed by atoms with Crippen molar-refractivity contribution in [3.05, 3.63) is 34.7 Å². The lowest BCUT2D eigenvalue weighted by Crippen LogP contribution is -2.15. The smallest absolute Gasteiger partial charge is 0.354 e. The number of hydrogen-bond donors (Lipinski definition) is 1. The summed E-state index contributed by atoms with van der Waals surface area (Å²) in [7, 11) is 0. The molecule has 0 aliphatic rings. The van der Waals surface area contributed by atoms with E-state index in [2.05, 4.69) is 15.5 Å². The molecule has 0 spiro atoms. The molecule has 0 atom stereocenters. The second-order valence-electron chi connectivity index (χ2n) is 4.07. The third-order valence-electron chi connectivity index (χ3n) is 2.53. The van der Waals surface area contributed by atoms with Gasteiger partial charge in [-0.3, -0.25) is 5.43 Å². The molecule has 1 N–H and O–H groups in total. The summed E-state index contributed by atoms with van der Waals surface area (Å²) < 4.78 is 4.84. The standard InChI is InChI=1S/C14H14ClN3O2S/c1-3-20-13(19)9(2)17-18-14-16-12(8-21-14)10-4-6-11(15)7-5-10/h4-8H,3H2,1-2H3,(H,16,18)/b17-9+. The van der Waals surface area contributed by atoms with Crippen LogP contribution in [0.2, 0.25) is 5.02 Å². The molecular formula is C14H14ClN3O2S. The monoisotopic (exact) mass is 323 g/mol. The Morgan fingerprint density at radius 2 is 2.14 bits per heavy atom. The van der Waals surface area contributed by atoms with Crippen LogP contribution in [0.5, 0.6) is 0 Å². The van der Waals surface area contributed by atoms with Crippen molar-refractivity contribution < 1.29 is 9.53 Å². The number of nitrogens with one attached hydrogen (secondary N) is 1. The number of halogens is 1. The molecule has 110 valence electrons. The van der Waals surface area contributed by atoms with Crippen molar-refractivity contribution in [2.75, 3.05) is 12.0 Å². The van der Waals surface area contributed by atoms with E-state index in [4.69, 9.17) is 16.3 Å². The first kappa shape index (κ1) is 15.5. The molecule has 0 unspecified atom stereocenters. The third kappa shape index (κ3) is 4.27. The Labute approximate surface area is 131 Å². The molecule has 21 heavy (non-hydrogen) atoms. The van der Waals surface area contributed by atoms with Crippen molar-refractivity contribution >= 4 is 39.8 Å². The number of benzene rings is 1. The number of rotatable bonds is 5. The number of nitrogens with zero attached hydrogens (tertiary/aromatic N) is 2. The van der Waals surface area contributed by atoms with Crippen LogP contribution >= 0.6 is 22.9 Å². The van der Waals surface area contributed by atoms with Crippen LogP contribution in [0.4, 0.5) is 5.13 Å². The number of carbonyl (C=O) groups is 1. The molecule has 0 radical (unpaired) electrons. The predicted octanol–water partition coefficient (Wildman–Crippen LogP) is 3.81. The van der Waals surface area contributed by atoms with E-state index in [1.165, 1.54) is 11.3 Å². The first-order chi connectivity index (χ1) is 10.1. The van der Waals surface area contributed by atoms with Crippen LogP contribution in [-0.4, -0.2) is 23.3 Å². The summed E-state index contributed by atoms with van der Waals surface area (Å²) in [4.78, 5) is 15.8. The summed E-state index contributed by atoms with van der Waals surface area (Å²) in [5, 5.41) is 7.14. The third-order valence-corrected chi connectivity index (χ3v) is 3.53. The topological polar surface area (TPSA) is 63.6 Å². The van der Waals surface area contributed by atoms with Crippen molar-refractivity contribution in [3.63, 3.8) is 0 Å². The number of esters is 1. The zero-order valence-corrected chi connectivity index (χ0v) is 13.2. The number of hydrazone groups is 1. The Kier molecular flexibility index (Phi) is 5.30. The molecule has 0 aliphatic carbocycles. The summed E-state index contributed by atoms with van der Waals surface area (Å²) >= 11 is 7.25. The van der Waals surface area contributed by atoms with E-state index in [-0.39, 0.29) is 5.71 Å². The largest absolute Gasteiger partial charge is 0.461 e. The van der Waals surface area contributed by atoms with Crippen molar-refractivity contribution in [1.29, 1.82) is 0 Å². The maximum absolute atomic E-state index is 11.4. The second-order valence-corrected chi connectivity index (χ2v) is 5.37. The fraction of sp³-hybridized carbons (Fsp3) is 0.214. The van der Waals surface area contributed by atoms with Gasteiger partial charge in [0.1, 0.15) is 5.71 Å². The van der Waals surface area contributed by atoms with Gasteiger partial charge in [0.2, 0.25) is 5.13 Å². The van der Waals surface area contributed by atoms with Crippen LogP contribution in [0, 0.1) is 0 Å². The molecule has 0 saturated carbocycles. The van der Waals surface area contributed by atoms with Crippen LogP contribution in [0.1, 0.15) is 13.8 Å². The molecule has 0 fully saturated rings. The van der Waals surface area contributed by atoms with E-state index in [0.29, 0.717) is 16.8 Å². The Morgan fingerprint density at radius 3 is 2.81 bits per heavy atom. The van der Waals surface area contributed by atoms with E-state index in [1.54, 1.807) is 13.8 Å². The molecule has 7 heteroatoms. The van der Waals surface area contributed by atoms with Crippen LogP contribution in [0.15, 0.2) is 34.7 Å². The molecule has 0 aliphatic heterocycles. The summed E-state index contributed by atoms with van der Waals surface area (Å²) in [6, 6.07) is 7.42. The average Bonchev–Trinajstić information content (AvgIpc) is 2.94. The molecular weight excluding hydrogens is 310 g/mol. The Morgan fingerprint density at radius 1 is 1.43 bits per heavy atom. The van der Waals surface area contributed by atoms with E-state index in [9.17, 15) is 4.79 Å². The lowest BCUT2D eigenvalue weighted by molar-refractivity contribution is -0.135. The van der Waals surface area contributed by atoms with Crippen molar-refractivity contribution in [2.24, 2.45) is 5.10 Å². The SMILES string of the molecule is CCOC(=O)/C(C)=N/Nc1nc(-c2ccc(Cl)cc2)cs1. The highest BCUT2D eigenvalue weighted by molar-refractivity contribution is 7.14. The van der Waals surface area contributed by atoms with Crippen LogP contribution in [0.3, 0.4) is 0 Å². The molecule has 2 aromatic rings. The average molecular weight is 324 g/mol. The summed E-state index contributed by atoms with van der Waals surface area (Å²) in [6.07, 6.45) is 0. The predicted molar refractivity (Wildman–Crippen MR) is 85.9 cm³/mol. The molecule has 1 aromatic heterocycles. The minimum absolute atomic E-state index is 0.250. The summed E-state index contributed by atoms with van der Waals surface area (Å²) in [5.41, 5.74) is 4.79. The molecule has 0 bridgehead atoms. The Balaban J connectivity index is 2.05. The van der Waals surface area contributed by atoms with Gasteiger partial charge in [0, 0.05) is 16.0 Å². The van der Waals surface area contributed by atoms with Crippen LogP contribution in [0.25, 0.3) is 11.3 Å². The quantitative estimate of drug-likeness (QED) is 0.516. The highest BCUT2D eigenvalue weighted by Crippen LogP contribution is 2.25. The number of thiazole rings is 1. The van der Waals surface area contributed by atoms with Gasteiger partial charge in [0.25, 0.3) is 0 Å². The van der Waals surface area contributed by atoms with Crippen LogP contribution < -0.4 is 5.43 Å². The Bertz CT molecular complexity index is 652. The van der Waals surface area contributed by atoms with E-state index < -0.39 is 5.97 Å². The van der Waals surface area contributed by atoms with Gasteiger partial charge in [-0.15, -0.1) is 11.3 Å². The maximum Gasteiger partial charge on any atom is 0.354 e. The van der Waals surface area contributed by atoms with Crippen LogP contribution in [-0.2, 0) is 9.53 Å². The Hall–Kier alpha value is -1.92. The summed E-state index contributed by atoms with van der Waals surface area (Å²) in [5.74, 6) is -0.445. The number of carbonyl (C=O) groups excluding carboxylic acids is 1. The lowest BCUT2D eigenvalue weighted by atomic mass is 10.2. The minimum Gasteiger partial charge on any atom is -0.461 e. The van der Waals surface area contributed by atoms with Gasteiger partial charge < -0.3 is 4.74 Å². The van der Waals surface area contributed by atoms with Crippen molar-refractivity contribution in [3.8, 4) is 11.3 Å². The molecule has 1 heterocycles. The lowest BCUT2D eigenvalue weighted by Gasteiger charge is -2.00. The fourth-order valence-electron chi connectivity index (χ4n) is 1.49. The van der Waals surface area contributed by atoms with Gasteiger partial charge in [-0.1, -0.05) is 23.7 Å². The fourth-order valence-corrected chi connectivity index (χ4v) is 2.28. The number of aromatic nitrogens is 1. The van der Waals surface area contributed by atoms with E-state index in [1.807, 2.05) is 29.6 Å². The van der Waals surface area contributed by atoms with Gasteiger partial charge in [-0.2, -0.15) is 5.10 Å². The highest BCUT2D eigenvalue weighted by Gasteiger charge is 2.07. The van der Waals surface area contributed by atoms with Crippen molar-refractivity contribution in [1.82, 2.24) is 4.98 Å². The second kappa shape index (κ2) is 7.19. The number of anilines is 1. The van der Waals surface area contributed by atoms with Gasteiger partial charge in [0.15, 0.2) is 0 Å². The first-order valence-corrected chi connectivity index (χ1v) is 7.54. The summed E-state index contributed by atoms with van der Waals surface area (Å²) in [6.45, 7) is 3.65. The number of hydrogen-bond acceptors (Lipinski definition) is 6. The molecule has 0 amide bonds. The zero-order valence-electron chi connectivity index (χ0n) is 11.6. The van der Waals surface area contributed by atoms with Crippen molar-refractivity contribution in [2.45, 2.75) is 13.8 Å². The zero-order chi connectivity index (χ0) is 15.2. The maximum atomic E-state index is 11.4. The highest BCUT2D eigenvalue weighted by atomic mass is 35.5. The minimum atomic E-state index is -0.445. The van der Waals surface area contributed by atoms with Gasteiger partial charge in [-0.05, 0) is 26.0 Å². The van der Waals surface area contributed by atoms with Gasteiger partial charge in [0.05, 0.1) is 12.3 Å². The molecule has 1 aromatic carbocycles. The van der Waals surface area contributed by atoms with E-state index >= 15 is 0 Å².